The van der Waals surface area contributed by atoms with Crippen LogP contribution in [0, 0.1) is 12.8 Å². The van der Waals surface area contributed by atoms with Crippen LogP contribution in [-0.4, -0.2) is 53.4 Å². The zero-order valence-corrected chi connectivity index (χ0v) is 18.0. The normalized spacial score (nSPS) is 17.1. The minimum Gasteiger partial charge on any atom is -0.468 e. The molecule has 7 heteroatoms. The zero-order chi connectivity index (χ0) is 19.9. The lowest BCUT2D eigenvalue weighted by Crippen LogP contribution is -2.43. The van der Waals surface area contributed by atoms with Gasteiger partial charge in [0.1, 0.15) is 5.76 Å². The Morgan fingerprint density at radius 1 is 1.39 bits per heavy atom. The van der Waals surface area contributed by atoms with Crippen molar-refractivity contribution in [2.75, 3.05) is 32.7 Å². The third-order valence-electron chi connectivity index (χ3n) is 5.60. The topological polar surface area (TPSA) is 61.6 Å². The van der Waals surface area contributed by atoms with E-state index in [4.69, 9.17) is 4.42 Å². The third-order valence-corrected chi connectivity index (χ3v) is 6.43. The number of hydrogen-bond acceptors (Lipinski definition) is 6. The first kappa shape index (κ1) is 21.0. The highest BCUT2D eigenvalue weighted by atomic mass is 32.1. The van der Waals surface area contributed by atoms with Gasteiger partial charge in [-0.05, 0) is 58.1 Å². The van der Waals surface area contributed by atoms with E-state index in [-0.39, 0.29) is 17.9 Å². The number of amides is 1. The first-order valence-electron chi connectivity index (χ1n) is 10.3. The van der Waals surface area contributed by atoms with Crippen LogP contribution in [0.15, 0.2) is 28.2 Å². The van der Waals surface area contributed by atoms with Gasteiger partial charge in [0.05, 0.1) is 23.0 Å². The summed E-state index contributed by atoms with van der Waals surface area (Å²) in [4.78, 5) is 22.0. The Morgan fingerprint density at radius 2 is 2.14 bits per heavy atom. The largest absolute Gasteiger partial charge is 0.468 e. The molecule has 28 heavy (non-hydrogen) atoms. The maximum absolute atomic E-state index is 12.8. The minimum absolute atomic E-state index is 0.0851. The molecule has 0 bridgehead atoms. The van der Waals surface area contributed by atoms with Crippen LogP contribution >= 0.6 is 11.3 Å². The summed E-state index contributed by atoms with van der Waals surface area (Å²) in [6.07, 6.45) is 3.52. The summed E-state index contributed by atoms with van der Waals surface area (Å²) in [5.74, 6) is 1.19. The van der Waals surface area contributed by atoms with Gasteiger partial charge in [-0.2, -0.15) is 0 Å². The lowest BCUT2D eigenvalue weighted by atomic mass is 9.95. The molecule has 0 aliphatic carbocycles. The van der Waals surface area contributed by atoms with E-state index in [1.165, 1.54) is 0 Å². The standard InChI is InChI=1S/C21H32N4O2S/c1-4-25(5-2)19(20-7-6-12-27-20)13-22-21(26)17-8-10-24(11-9-17)14-18-15-28-16(3)23-18/h6-7,12,15,17,19H,4-5,8-11,13-14H2,1-3H3,(H,22,26). The van der Waals surface area contributed by atoms with Crippen molar-refractivity contribution >= 4 is 17.2 Å². The number of thiazole rings is 1. The van der Waals surface area contributed by atoms with E-state index in [2.05, 4.69) is 39.3 Å². The van der Waals surface area contributed by atoms with Gasteiger partial charge in [-0.1, -0.05) is 13.8 Å². The third kappa shape index (κ3) is 5.43. The molecule has 1 unspecified atom stereocenters. The van der Waals surface area contributed by atoms with Crippen LogP contribution in [0.1, 0.15) is 49.2 Å². The van der Waals surface area contributed by atoms with Gasteiger partial charge in [-0.25, -0.2) is 4.98 Å². The maximum atomic E-state index is 12.8. The summed E-state index contributed by atoms with van der Waals surface area (Å²) in [6, 6.07) is 3.99. The fourth-order valence-corrected chi connectivity index (χ4v) is 4.56. The van der Waals surface area contributed by atoms with Crippen LogP contribution < -0.4 is 5.32 Å². The Bertz CT molecular complexity index is 719. The van der Waals surface area contributed by atoms with Crippen molar-refractivity contribution in [2.24, 2.45) is 5.92 Å². The van der Waals surface area contributed by atoms with Gasteiger partial charge < -0.3 is 9.73 Å². The number of carbonyl (C=O) groups excluding carboxylic acids is 1. The average molecular weight is 405 g/mol. The number of rotatable bonds is 9. The van der Waals surface area contributed by atoms with Crippen molar-refractivity contribution in [3.63, 3.8) is 0 Å². The van der Waals surface area contributed by atoms with Crippen molar-refractivity contribution < 1.29 is 9.21 Å². The van der Waals surface area contributed by atoms with Crippen molar-refractivity contribution in [3.8, 4) is 0 Å². The molecule has 1 amide bonds. The summed E-state index contributed by atoms with van der Waals surface area (Å²) in [5.41, 5.74) is 1.14. The number of hydrogen-bond donors (Lipinski definition) is 1. The van der Waals surface area contributed by atoms with Crippen molar-refractivity contribution in [1.82, 2.24) is 20.1 Å². The van der Waals surface area contributed by atoms with Gasteiger partial charge in [0.15, 0.2) is 0 Å². The number of likely N-dealkylation sites (N-methyl/N-ethyl adjacent to an activating group) is 1. The van der Waals surface area contributed by atoms with E-state index >= 15 is 0 Å². The number of aromatic nitrogens is 1. The molecule has 6 nitrogen and oxygen atoms in total. The van der Waals surface area contributed by atoms with Crippen LogP contribution in [0.25, 0.3) is 0 Å². The second-order valence-corrected chi connectivity index (χ2v) is 8.47. The molecular weight excluding hydrogens is 372 g/mol. The second kappa shape index (κ2) is 10.2. The summed E-state index contributed by atoms with van der Waals surface area (Å²) >= 11 is 1.70. The predicted octanol–water partition coefficient (Wildman–Crippen LogP) is 3.46. The molecule has 1 saturated heterocycles. The van der Waals surface area contributed by atoms with Crippen LogP contribution in [-0.2, 0) is 11.3 Å². The smallest absolute Gasteiger partial charge is 0.223 e. The number of aryl methyl sites for hydroxylation is 1. The molecule has 1 N–H and O–H groups in total. The highest BCUT2D eigenvalue weighted by Crippen LogP contribution is 2.22. The van der Waals surface area contributed by atoms with Gasteiger partial charge in [-0.15, -0.1) is 11.3 Å². The average Bonchev–Trinajstić information content (AvgIpc) is 3.37. The van der Waals surface area contributed by atoms with Crippen molar-refractivity contribution in [3.05, 3.63) is 40.2 Å². The molecule has 1 fully saturated rings. The van der Waals surface area contributed by atoms with Crippen molar-refractivity contribution in [1.29, 1.82) is 0 Å². The fraction of sp³-hybridized carbons (Fsp3) is 0.619. The fourth-order valence-electron chi connectivity index (χ4n) is 3.96. The van der Waals surface area contributed by atoms with Gasteiger partial charge in [-0.3, -0.25) is 14.6 Å². The Kier molecular flexibility index (Phi) is 7.65. The number of piperidine rings is 1. The van der Waals surface area contributed by atoms with Gasteiger partial charge >= 0.3 is 0 Å². The summed E-state index contributed by atoms with van der Waals surface area (Å²) in [6.45, 7) is 11.5. The Balaban J connectivity index is 1.48. The molecule has 1 aliphatic heterocycles. The van der Waals surface area contributed by atoms with E-state index in [0.717, 1.165) is 62.0 Å². The molecule has 0 radical (unpaired) electrons. The van der Waals surface area contributed by atoms with Crippen LogP contribution in [0.2, 0.25) is 0 Å². The molecule has 0 spiro atoms. The molecule has 1 atom stereocenters. The summed E-state index contributed by atoms with van der Waals surface area (Å²) in [7, 11) is 0. The molecule has 154 valence electrons. The summed E-state index contributed by atoms with van der Waals surface area (Å²) in [5, 5.41) is 6.44. The number of likely N-dealkylation sites (tertiary alicyclic amines) is 1. The molecule has 3 heterocycles. The molecule has 1 aliphatic rings. The minimum atomic E-state index is 0.0851. The van der Waals surface area contributed by atoms with E-state index in [9.17, 15) is 4.79 Å². The highest BCUT2D eigenvalue weighted by molar-refractivity contribution is 7.09. The van der Waals surface area contributed by atoms with Crippen molar-refractivity contribution in [2.45, 2.75) is 46.2 Å². The van der Waals surface area contributed by atoms with Gasteiger partial charge in [0.25, 0.3) is 0 Å². The van der Waals surface area contributed by atoms with E-state index < -0.39 is 0 Å². The Labute approximate surface area is 171 Å². The highest BCUT2D eigenvalue weighted by Gasteiger charge is 2.27. The number of nitrogens with one attached hydrogen (secondary N) is 1. The first-order chi connectivity index (χ1) is 13.6. The molecular formula is C21H32N4O2S. The van der Waals surface area contributed by atoms with E-state index in [1.54, 1.807) is 17.6 Å². The van der Waals surface area contributed by atoms with Gasteiger partial charge in [0.2, 0.25) is 5.91 Å². The van der Waals surface area contributed by atoms with E-state index in [1.807, 2.05) is 19.1 Å². The Morgan fingerprint density at radius 3 is 2.71 bits per heavy atom. The second-order valence-electron chi connectivity index (χ2n) is 7.41. The van der Waals surface area contributed by atoms with Gasteiger partial charge in [0, 0.05) is 24.4 Å². The lowest BCUT2D eigenvalue weighted by Gasteiger charge is -2.32. The maximum Gasteiger partial charge on any atom is 0.223 e. The Hall–Kier alpha value is -1.70. The molecule has 2 aromatic rings. The number of nitrogens with zero attached hydrogens (tertiary/aromatic N) is 3. The molecule has 3 rings (SSSR count). The monoisotopic (exact) mass is 404 g/mol. The molecule has 2 aromatic heterocycles. The lowest BCUT2D eigenvalue weighted by molar-refractivity contribution is -0.126. The summed E-state index contributed by atoms with van der Waals surface area (Å²) < 4.78 is 5.63. The molecule has 0 aromatic carbocycles. The number of furan rings is 1. The quantitative estimate of drug-likeness (QED) is 0.694. The van der Waals surface area contributed by atoms with E-state index in [0.29, 0.717) is 6.54 Å². The van der Waals surface area contributed by atoms with Crippen LogP contribution in [0.4, 0.5) is 0 Å². The first-order valence-corrected chi connectivity index (χ1v) is 11.2. The van der Waals surface area contributed by atoms with Crippen LogP contribution in [0.3, 0.4) is 0 Å². The predicted molar refractivity (Wildman–Crippen MR) is 112 cm³/mol. The number of carbonyl (C=O) groups is 1. The SMILES string of the molecule is CCN(CC)C(CNC(=O)C1CCN(Cc2csc(C)n2)CC1)c1ccco1. The zero-order valence-electron chi connectivity index (χ0n) is 17.2. The van der Waals surface area contributed by atoms with Crippen LogP contribution in [0.5, 0.6) is 0 Å². The molecule has 0 saturated carbocycles.